The van der Waals surface area contributed by atoms with Crippen molar-refractivity contribution in [2.45, 2.75) is 13.8 Å². The fraction of sp³-hybridized carbons (Fsp3) is 0.111. The molecular formula is C18H17N5O. The number of hydrogen-bond acceptors (Lipinski definition) is 5. The number of anilines is 3. The lowest BCUT2D eigenvalue weighted by molar-refractivity contribution is 0.102. The van der Waals surface area contributed by atoms with Crippen LogP contribution in [0, 0.1) is 13.8 Å². The van der Waals surface area contributed by atoms with Crippen LogP contribution in [0.4, 0.5) is 17.3 Å². The van der Waals surface area contributed by atoms with E-state index in [4.69, 9.17) is 0 Å². The minimum atomic E-state index is -0.242. The van der Waals surface area contributed by atoms with Gasteiger partial charge in [0.1, 0.15) is 5.69 Å². The van der Waals surface area contributed by atoms with Crippen molar-refractivity contribution >= 4 is 23.2 Å². The van der Waals surface area contributed by atoms with Gasteiger partial charge in [-0.2, -0.15) is 0 Å². The van der Waals surface area contributed by atoms with Crippen LogP contribution in [-0.4, -0.2) is 20.9 Å². The molecule has 2 heterocycles. The van der Waals surface area contributed by atoms with Gasteiger partial charge in [-0.05, 0) is 56.3 Å². The number of amides is 1. The quantitative estimate of drug-likeness (QED) is 0.769. The van der Waals surface area contributed by atoms with E-state index in [0.717, 1.165) is 17.1 Å². The Morgan fingerprint density at radius 3 is 2.21 bits per heavy atom. The standard InChI is InChI=1S/C18H17N5O/c1-12-11-13(2)21-18(20-12)23-15-8-6-14(7-9-15)22-17(24)16-5-3-4-10-19-16/h3-11H,1-2H3,(H,22,24)(H,20,21,23). The summed E-state index contributed by atoms with van der Waals surface area (Å²) in [6.45, 7) is 3.85. The van der Waals surface area contributed by atoms with Crippen LogP contribution in [0.2, 0.25) is 0 Å². The molecule has 2 aromatic heterocycles. The molecule has 3 rings (SSSR count). The highest BCUT2D eigenvalue weighted by Gasteiger charge is 2.07. The molecule has 24 heavy (non-hydrogen) atoms. The fourth-order valence-corrected chi connectivity index (χ4v) is 2.24. The average molecular weight is 319 g/mol. The van der Waals surface area contributed by atoms with Crippen LogP contribution < -0.4 is 10.6 Å². The van der Waals surface area contributed by atoms with Gasteiger partial charge in [0.15, 0.2) is 0 Å². The molecule has 0 spiro atoms. The van der Waals surface area contributed by atoms with Gasteiger partial charge in [0.2, 0.25) is 5.95 Å². The second-order valence-corrected chi connectivity index (χ2v) is 5.35. The van der Waals surface area contributed by atoms with E-state index in [0.29, 0.717) is 17.3 Å². The lowest BCUT2D eigenvalue weighted by Gasteiger charge is -2.08. The maximum atomic E-state index is 12.1. The molecule has 0 saturated heterocycles. The van der Waals surface area contributed by atoms with E-state index < -0.39 is 0 Å². The summed E-state index contributed by atoms with van der Waals surface area (Å²) in [5, 5.41) is 5.96. The third-order valence-corrected chi connectivity index (χ3v) is 3.28. The van der Waals surface area contributed by atoms with E-state index in [1.54, 1.807) is 24.4 Å². The van der Waals surface area contributed by atoms with Crippen LogP contribution in [0.25, 0.3) is 0 Å². The number of benzene rings is 1. The van der Waals surface area contributed by atoms with Crippen molar-refractivity contribution in [2.75, 3.05) is 10.6 Å². The predicted octanol–water partition coefficient (Wildman–Crippen LogP) is 3.48. The molecule has 0 saturated carbocycles. The Hall–Kier alpha value is -3.28. The minimum absolute atomic E-state index is 0.242. The highest BCUT2D eigenvalue weighted by Crippen LogP contribution is 2.17. The Morgan fingerprint density at radius 1 is 0.917 bits per heavy atom. The Morgan fingerprint density at radius 2 is 1.58 bits per heavy atom. The van der Waals surface area contributed by atoms with Crippen molar-refractivity contribution < 1.29 is 4.79 Å². The zero-order valence-corrected chi connectivity index (χ0v) is 13.4. The van der Waals surface area contributed by atoms with Crippen LogP contribution >= 0.6 is 0 Å². The van der Waals surface area contributed by atoms with Crippen molar-refractivity contribution in [3.8, 4) is 0 Å². The predicted molar refractivity (Wildman–Crippen MR) is 93.4 cm³/mol. The van der Waals surface area contributed by atoms with Gasteiger partial charge in [-0.3, -0.25) is 9.78 Å². The van der Waals surface area contributed by atoms with E-state index in [1.807, 2.05) is 44.2 Å². The molecule has 120 valence electrons. The maximum Gasteiger partial charge on any atom is 0.274 e. The third-order valence-electron chi connectivity index (χ3n) is 3.28. The molecule has 3 aromatic rings. The summed E-state index contributed by atoms with van der Waals surface area (Å²) in [6.07, 6.45) is 1.59. The van der Waals surface area contributed by atoms with Crippen LogP contribution in [0.3, 0.4) is 0 Å². The van der Waals surface area contributed by atoms with Crippen LogP contribution in [0.1, 0.15) is 21.9 Å². The first-order chi connectivity index (χ1) is 11.6. The first-order valence-electron chi connectivity index (χ1n) is 7.52. The second-order valence-electron chi connectivity index (χ2n) is 5.35. The Balaban J connectivity index is 1.68. The number of nitrogens with one attached hydrogen (secondary N) is 2. The molecule has 0 unspecified atom stereocenters. The van der Waals surface area contributed by atoms with E-state index in [2.05, 4.69) is 25.6 Å². The van der Waals surface area contributed by atoms with Crippen molar-refractivity contribution in [3.63, 3.8) is 0 Å². The van der Waals surface area contributed by atoms with Gasteiger partial charge in [-0.15, -0.1) is 0 Å². The number of carbonyl (C=O) groups is 1. The molecule has 6 nitrogen and oxygen atoms in total. The van der Waals surface area contributed by atoms with Gasteiger partial charge < -0.3 is 10.6 Å². The lowest BCUT2D eigenvalue weighted by atomic mass is 10.2. The molecule has 1 aromatic carbocycles. The number of aryl methyl sites for hydroxylation is 2. The fourth-order valence-electron chi connectivity index (χ4n) is 2.24. The van der Waals surface area contributed by atoms with E-state index in [-0.39, 0.29) is 5.91 Å². The van der Waals surface area contributed by atoms with Gasteiger partial charge in [-0.1, -0.05) is 6.07 Å². The smallest absolute Gasteiger partial charge is 0.274 e. The SMILES string of the molecule is Cc1cc(C)nc(Nc2ccc(NC(=O)c3ccccn3)cc2)n1. The van der Waals surface area contributed by atoms with Crippen molar-refractivity contribution in [1.82, 2.24) is 15.0 Å². The Kier molecular flexibility index (Phi) is 4.47. The zero-order chi connectivity index (χ0) is 16.9. The second kappa shape index (κ2) is 6.87. The maximum absolute atomic E-state index is 12.1. The van der Waals surface area contributed by atoms with Gasteiger partial charge in [-0.25, -0.2) is 9.97 Å². The monoisotopic (exact) mass is 319 g/mol. The number of aromatic nitrogens is 3. The number of rotatable bonds is 4. The van der Waals surface area contributed by atoms with Gasteiger partial charge in [0.25, 0.3) is 5.91 Å². The van der Waals surface area contributed by atoms with Gasteiger partial charge in [0, 0.05) is 29.0 Å². The topological polar surface area (TPSA) is 79.8 Å². The first kappa shape index (κ1) is 15.6. The average Bonchev–Trinajstić information content (AvgIpc) is 2.56. The Labute approximate surface area is 140 Å². The van der Waals surface area contributed by atoms with Crippen molar-refractivity contribution in [2.24, 2.45) is 0 Å². The minimum Gasteiger partial charge on any atom is -0.324 e. The Bertz CT molecular complexity index is 827. The highest BCUT2D eigenvalue weighted by atomic mass is 16.1. The molecule has 2 N–H and O–H groups in total. The zero-order valence-electron chi connectivity index (χ0n) is 13.4. The van der Waals surface area contributed by atoms with Gasteiger partial charge >= 0.3 is 0 Å². The lowest BCUT2D eigenvalue weighted by Crippen LogP contribution is -2.13. The summed E-state index contributed by atoms with van der Waals surface area (Å²) in [5.74, 6) is 0.312. The molecule has 0 aliphatic carbocycles. The molecule has 0 radical (unpaired) electrons. The van der Waals surface area contributed by atoms with Crippen LogP contribution in [0.5, 0.6) is 0 Å². The largest absolute Gasteiger partial charge is 0.324 e. The summed E-state index contributed by atoms with van der Waals surface area (Å²) >= 11 is 0. The summed E-state index contributed by atoms with van der Waals surface area (Å²) in [6, 6.07) is 14.5. The van der Waals surface area contributed by atoms with Crippen LogP contribution in [0.15, 0.2) is 54.7 Å². The summed E-state index contributed by atoms with van der Waals surface area (Å²) in [7, 11) is 0. The molecule has 1 amide bonds. The number of carbonyl (C=O) groups excluding carboxylic acids is 1. The van der Waals surface area contributed by atoms with Crippen molar-refractivity contribution in [1.29, 1.82) is 0 Å². The van der Waals surface area contributed by atoms with Crippen molar-refractivity contribution in [3.05, 3.63) is 71.8 Å². The molecular weight excluding hydrogens is 302 g/mol. The molecule has 0 bridgehead atoms. The highest BCUT2D eigenvalue weighted by molar-refractivity contribution is 6.02. The molecule has 0 fully saturated rings. The van der Waals surface area contributed by atoms with E-state index in [1.165, 1.54) is 0 Å². The molecule has 0 aliphatic rings. The summed E-state index contributed by atoms with van der Waals surface area (Å²) in [4.78, 5) is 24.8. The van der Waals surface area contributed by atoms with E-state index >= 15 is 0 Å². The molecule has 6 heteroatoms. The number of hydrogen-bond donors (Lipinski definition) is 2. The normalized spacial score (nSPS) is 10.2. The molecule has 0 aliphatic heterocycles. The van der Waals surface area contributed by atoms with Crippen LogP contribution in [-0.2, 0) is 0 Å². The summed E-state index contributed by atoms with van der Waals surface area (Å²) < 4.78 is 0. The number of nitrogens with zero attached hydrogens (tertiary/aromatic N) is 3. The molecule has 0 atom stereocenters. The van der Waals surface area contributed by atoms with Gasteiger partial charge in [0.05, 0.1) is 0 Å². The third kappa shape index (κ3) is 3.92. The summed E-state index contributed by atoms with van der Waals surface area (Å²) in [5.41, 5.74) is 3.73. The number of pyridine rings is 1. The first-order valence-corrected chi connectivity index (χ1v) is 7.52. The van der Waals surface area contributed by atoms with E-state index in [9.17, 15) is 4.79 Å².